The van der Waals surface area contributed by atoms with E-state index < -0.39 is 10.1 Å². The first-order valence-corrected chi connectivity index (χ1v) is 4.68. The average Bonchev–Trinajstić information content (AvgIpc) is 2.03. The summed E-state index contributed by atoms with van der Waals surface area (Å²) in [5, 5.41) is 0. The van der Waals surface area contributed by atoms with Crippen molar-refractivity contribution in [2.24, 2.45) is 0 Å². The van der Waals surface area contributed by atoms with Crippen molar-refractivity contribution in [1.82, 2.24) is 0 Å². The Hall–Kier alpha value is 0.506. The number of benzene rings is 1. The Morgan fingerprint density at radius 3 is 2.46 bits per heavy atom. The average molecular weight is 224 g/mol. The van der Waals surface area contributed by atoms with E-state index in [0.717, 1.165) is 0 Å². The molecule has 66 valence electrons. The van der Waals surface area contributed by atoms with Gasteiger partial charge < -0.3 is 0 Å². The molecule has 1 aromatic rings. The second-order valence-electron chi connectivity index (χ2n) is 2.25. The summed E-state index contributed by atoms with van der Waals surface area (Å²) in [4.78, 5) is -0.111. The summed E-state index contributed by atoms with van der Waals surface area (Å²) in [6.45, 7) is 3.48. The summed E-state index contributed by atoms with van der Waals surface area (Å²) >= 11 is 0. The maximum atomic E-state index is 10.6. The van der Waals surface area contributed by atoms with E-state index >= 15 is 0 Å². The Balaban J connectivity index is 0.00000144. The Bertz CT molecular complexity index is 398. The predicted molar refractivity (Wildman–Crippen MR) is 53.5 cm³/mol. The molecule has 1 rings (SSSR count). The Morgan fingerprint density at radius 1 is 1.38 bits per heavy atom. The van der Waals surface area contributed by atoms with Gasteiger partial charge in [-0.2, -0.15) is 8.42 Å². The van der Waals surface area contributed by atoms with E-state index in [4.69, 9.17) is 4.55 Å². The van der Waals surface area contributed by atoms with Crippen molar-refractivity contribution in [2.75, 3.05) is 0 Å². The fourth-order valence-corrected chi connectivity index (χ4v) is 1.34. The molecule has 0 saturated heterocycles. The molecule has 0 unspecified atom stereocenters. The Morgan fingerprint density at radius 2 is 2.00 bits per heavy atom. The molecule has 1 N–H and O–H groups in total. The molecule has 0 amide bonds. The quantitative estimate of drug-likeness (QED) is 0.600. The fraction of sp³-hybridized carbons (Fsp3) is 0. The van der Waals surface area contributed by atoms with Gasteiger partial charge in [-0.3, -0.25) is 4.55 Å². The molecule has 0 radical (unpaired) electrons. The molecule has 1 aromatic carbocycles. The molecule has 0 aliphatic heterocycles. The third kappa shape index (κ3) is 4.03. The van der Waals surface area contributed by atoms with Crippen LogP contribution < -0.4 is 0 Å². The van der Waals surface area contributed by atoms with Crippen molar-refractivity contribution in [2.45, 2.75) is 4.90 Å². The molecule has 3 nitrogen and oxygen atoms in total. The minimum atomic E-state index is -4.08. The molecule has 13 heavy (non-hydrogen) atoms. The molecule has 0 aliphatic rings. The summed E-state index contributed by atoms with van der Waals surface area (Å²) in [6.07, 6.45) is 1.51. The zero-order valence-electron chi connectivity index (χ0n) is 6.27. The first-order valence-electron chi connectivity index (χ1n) is 3.24. The Kier molecular flexibility index (Phi) is 5.61. The molecular formula is C8H9KO3S. The van der Waals surface area contributed by atoms with Crippen LogP contribution >= 0.6 is 0 Å². The third-order valence-corrected chi connectivity index (χ3v) is 2.24. The van der Waals surface area contributed by atoms with Gasteiger partial charge in [-0.15, -0.1) is 0 Å². The molecule has 0 saturated carbocycles. The van der Waals surface area contributed by atoms with Crippen molar-refractivity contribution < 1.29 is 13.0 Å². The van der Waals surface area contributed by atoms with E-state index in [2.05, 4.69) is 6.58 Å². The van der Waals surface area contributed by atoms with Crippen LogP contribution in [0.1, 0.15) is 5.56 Å². The zero-order valence-corrected chi connectivity index (χ0v) is 7.08. The topological polar surface area (TPSA) is 54.4 Å². The molecule has 0 fully saturated rings. The van der Waals surface area contributed by atoms with Gasteiger partial charge in [0.2, 0.25) is 0 Å². The van der Waals surface area contributed by atoms with Crippen LogP contribution in [-0.4, -0.2) is 64.4 Å². The third-order valence-electron chi connectivity index (χ3n) is 1.39. The van der Waals surface area contributed by atoms with Crippen LogP contribution in [0.25, 0.3) is 6.08 Å². The van der Waals surface area contributed by atoms with Crippen LogP contribution in [-0.2, 0) is 10.1 Å². The molecule has 0 aromatic heterocycles. The van der Waals surface area contributed by atoms with Gasteiger partial charge in [0.05, 0.1) is 4.90 Å². The molecule has 5 heteroatoms. The molecule has 0 atom stereocenters. The summed E-state index contributed by atoms with van der Waals surface area (Å²) in [6, 6.07) is 5.91. The monoisotopic (exact) mass is 224 g/mol. The summed E-state index contributed by atoms with van der Waals surface area (Å²) in [5.41, 5.74) is 0.658. The number of hydrogen-bond donors (Lipinski definition) is 1. The van der Waals surface area contributed by atoms with Gasteiger partial charge >= 0.3 is 51.4 Å². The summed E-state index contributed by atoms with van der Waals surface area (Å²) in [7, 11) is -4.08. The number of rotatable bonds is 2. The van der Waals surface area contributed by atoms with Gasteiger partial charge in [0, 0.05) is 0 Å². The van der Waals surface area contributed by atoms with Crippen LogP contribution in [0.4, 0.5) is 0 Å². The van der Waals surface area contributed by atoms with E-state index in [-0.39, 0.29) is 56.3 Å². The van der Waals surface area contributed by atoms with Crippen molar-refractivity contribution in [3.63, 3.8) is 0 Å². The standard InChI is InChI=1S/C8H8O3S.K.H/c1-2-7-4-3-5-8(6-7)12(9,10)11;;/h2-6H,1H2,(H,9,10,11);;. The first kappa shape index (κ1) is 13.5. The van der Waals surface area contributed by atoms with Crippen molar-refractivity contribution in [3.05, 3.63) is 36.4 Å². The van der Waals surface area contributed by atoms with E-state index in [0.29, 0.717) is 5.56 Å². The van der Waals surface area contributed by atoms with Crippen molar-refractivity contribution in [3.8, 4) is 0 Å². The maximum absolute atomic E-state index is 10.6. The number of hydrogen-bond acceptors (Lipinski definition) is 2. The molecule has 0 heterocycles. The van der Waals surface area contributed by atoms with Crippen molar-refractivity contribution in [1.29, 1.82) is 0 Å². The van der Waals surface area contributed by atoms with Gasteiger partial charge in [0.25, 0.3) is 10.1 Å². The van der Waals surface area contributed by atoms with Crippen LogP contribution in [0, 0.1) is 0 Å². The van der Waals surface area contributed by atoms with Crippen LogP contribution in [0.2, 0.25) is 0 Å². The molecule has 0 aliphatic carbocycles. The van der Waals surface area contributed by atoms with Crippen LogP contribution in [0.15, 0.2) is 35.7 Å². The first-order chi connectivity index (χ1) is 5.54. The van der Waals surface area contributed by atoms with Crippen LogP contribution in [0.5, 0.6) is 0 Å². The van der Waals surface area contributed by atoms with Crippen LogP contribution in [0.3, 0.4) is 0 Å². The van der Waals surface area contributed by atoms with E-state index in [1.165, 1.54) is 18.2 Å². The zero-order chi connectivity index (χ0) is 9.19. The second-order valence-corrected chi connectivity index (χ2v) is 3.67. The SMILES string of the molecule is C=Cc1cccc(S(=O)(=O)O)c1.[KH]. The minimum absolute atomic E-state index is 0. The molecule has 0 spiro atoms. The normalized spacial score (nSPS) is 10.2. The van der Waals surface area contributed by atoms with E-state index in [1.54, 1.807) is 12.1 Å². The second kappa shape index (κ2) is 5.40. The summed E-state index contributed by atoms with van der Waals surface area (Å²) < 4.78 is 29.9. The Labute approximate surface area is 120 Å². The van der Waals surface area contributed by atoms with Gasteiger partial charge in [0.15, 0.2) is 0 Å². The summed E-state index contributed by atoms with van der Waals surface area (Å²) in [5.74, 6) is 0. The van der Waals surface area contributed by atoms with Crippen molar-refractivity contribution >= 4 is 67.6 Å². The van der Waals surface area contributed by atoms with E-state index in [9.17, 15) is 8.42 Å². The van der Waals surface area contributed by atoms with Gasteiger partial charge in [-0.1, -0.05) is 24.8 Å². The van der Waals surface area contributed by atoms with Gasteiger partial charge in [-0.05, 0) is 17.7 Å². The van der Waals surface area contributed by atoms with Gasteiger partial charge in [-0.25, -0.2) is 0 Å². The predicted octanol–water partition coefficient (Wildman–Crippen LogP) is 0.928. The molecule has 0 bridgehead atoms. The van der Waals surface area contributed by atoms with E-state index in [1.807, 2.05) is 0 Å². The fourth-order valence-electron chi connectivity index (χ4n) is 0.802. The molecular weight excluding hydrogens is 215 g/mol. The van der Waals surface area contributed by atoms with Gasteiger partial charge in [0.1, 0.15) is 0 Å².